The second kappa shape index (κ2) is 7.88. The van der Waals surface area contributed by atoms with E-state index in [2.05, 4.69) is 10.4 Å². The second-order valence-electron chi connectivity index (χ2n) is 6.07. The van der Waals surface area contributed by atoms with Crippen molar-refractivity contribution in [3.63, 3.8) is 0 Å². The van der Waals surface area contributed by atoms with Crippen LogP contribution in [0.15, 0.2) is 47.6 Å². The van der Waals surface area contributed by atoms with Crippen molar-refractivity contribution in [1.82, 2.24) is 24.3 Å². The van der Waals surface area contributed by atoms with Crippen LogP contribution in [0.3, 0.4) is 0 Å². The topological polar surface area (TPSA) is 87.5 Å². The predicted molar refractivity (Wildman–Crippen MR) is 96.9 cm³/mol. The zero-order chi connectivity index (χ0) is 18.6. The Hall–Kier alpha value is -2.39. The number of hydrogen-bond acceptors (Lipinski definition) is 4. The summed E-state index contributed by atoms with van der Waals surface area (Å²) in [4.78, 5) is 14.2. The minimum absolute atomic E-state index is 0.189. The van der Waals surface area contributed by atoms with Gasteiger partial charge in [0, 0.05) is 51.0 Å². The van der Waals surface area contributed by atoms with Crippen LogP contribution in [0.2, 0.25) is 0 Å². The minimum atomic E-state index is -3.50. The van der Waals surface area contributed by atoms with Crippen LogP contribution in [0, 0.1) is 0 Å². The highest BCUT2D eigenvalue weighted by atomic mass is 32.2. The van der Waals surface area contributed by atoms with Crippen LogP contribution in [0.1, 0.15) is 12.5 Å². The average molecular weight is 377 g/mol. The zero-order valence-electron chi connectivity index (χ0n) is 14.7. The van der Waals surface area contributed by atoms with E-state index < -0.39 is 10.0 Å². The second-order valence-corrected chi connectivity index (χ2v) is 8.01. The highest BCUT2D eigenvalue weighted by Gasteiger charge is 2.29. The van der Waals surface area contributed by atoms with Gasteiger partial charge in [0.15, 0.2) is 0 Å². The fourth-order valence-electron chi connectivity index (χ4n) is 2.83. The number of nitrogens with zero attached hydrogens (tertiary/aromatic N) is 4. The molecule has 140 valence electrons. The van der Waals surface area contributed by atoms with E-state index in [0.717, 1.165) is 12.1 Å². The van der Waals surface area contributed by atoms with E-state index in [1.165, 1.54) is 4.31 Å². The van der Waals surface area contributed by atoms with E-state index in [4.69, 9.17) is 0 Å². The molecule has 1 saturated heterocycles. The standard InChI is InChI=1S/C17H23N5O3S/c1-2-21-14-15(13-19-21)12-18-17(23)20-8-10-22(11-9-20)26(24,25)16-6-4-3-5-7-16/h3-7,13-14H,2,8-12H2,1H3,(H,18,23). The third-order valence-corrected chi connectivity index (χ3v) is 6.27. The van der Waals surface area contributed by atoms with E-state index >= 15 is 0 Å². The molecule has 2 heterocycles. The van der Waals surface area contributed by atoms with Crippen molar-refractivity contribution in [3.8, 4) is 0 Å². The van der Waals surface area contributed by atoms with Gasteiger partial charge in [0.1, 0.15) is 0 Å². The number of hydrogen-bond donors (Lipinski definition) is 1. The molecule has 0 unspecified atom stereocenters. The Balaban J connectivity index is 1.52. The molecule has 1 aliphatic heterocycles. The van der Waals surface area contributed by atoms with Gasteiger partial charge >= 0.3 is 6.03 Å². The molecule has 1 N–H and O–H groups in total. The SMILES string of the molecule is CCn1cc(CNC(=O)N2CCN(S(=O)(=O)c3ccccc3)CC2)cn1. The lowest BCUT2D eigenvalue weighted by Crippen LogP contribution is -2.52. The van der Waals surface area contributed by atoms with E-state index in [1.807, 2.05) is 13.1 Å². The number of benzene rings is 1. The Labute approximate surface area is 153 Å². The molecule has 8 nitrogen and oxygen atoms in total. The Bertz CT molecular complexity index is 842. The molecule has 0 radical (unpaired) electrons. The highest BCUT2D eigenvalue weighted by Crippen LogP contribution is 2.17. The van der Waals surface area contributed by atoms with Gasteiger partial charge in [-0.2, -0.15) is 9.40 Å². The molecular formula is C17H23N5O3S. The van der Waals surface area contributed by atoms with Crippen LogP contribution in [-0.2, 0) is 23.1 Å². The number of rotatable bonds is 5. The number of aryl methyl sites for hydroxylation is 1. The number of urea groups is 1. The summed E-state index contributed by atoms with van der Waals surface area (Å²) in [7, 11) is -3.50. The van der Waals surface area contributed by atoms with E-state index in [1.54, 1.807) is 46.1 Å². The first-order chi connectivity index (χ1) is 12.5. The lowest BCUT2D eigenvalue weighted by molar-refractivity contribution is 0.172. The first kappa shape index (κ1) is 18.4. The first-order valence-corrected chi connectivity index (χ1v) is 10.0. The van der Waals surface area contributed by atoms with Crippen LogP contribution < -0.4 is 5.32 Å². The van der Waals surface area contributed by atoms with Gasteiger partial charge in [-0.3, -0.25) is 4.68 Å². The molecule has 0 spiro atoms. The van der Waals surface area contributed by atoms with Crippen LogP contribution >= 0.6 is 0 Å². The summed E-state index contributed by atoms with van der Waals surface area (Å²) >= 11 is 0. The zero-order valence-corrected chi connectivity index (χ0v) is 15.5. The smallest absolute Gasteiger partial charge is 0.317 e. The Morgan fingerprint density at radius 1 is 1.15 bits per heavy atom. The molecule has 0 aliphatic carbocycles. The van der Waals surface area contributed by atoms with Gasteiger partial charge in [0.2, 0.25) is 10.0 Å². The van der Waals surface area contributed by atoms with Crippen LogP contribution in [0.25, 0.3) is 0 Å². The summed E-state index contributed by atoms with van der Waals surface area (Å²) < 4.78 is 28.4. The van der Waals surface area contributed by atoms with Crippen LogP contribution in [-0.4, -0.2) is 59.6 Å². The van der Waals surface area contributed by atoms with Gasteiger partial charge in [-0.15, -0.1) is 0 Å². The molecule has 1 aliphatic rings. The maximum Gasteiger partial charge on any atom is 0.317 e. The third kappa shape index (κ3) is 4.05. The van der Waals surface area contributed by atoms with Crippen molar-refractivity contribution in [1.29, 1.82) is 0 Å². The summed E-state index contributed by atoms with van der Waals surface area (Å²) in [5.41, 5.74) is 0.936. The molecule has 3 rings (SSSR count). The van der Waals surface area contributed by atoms with Gasteiger partial charge < -0.3 is 10.2 Å². The molecule has 9 heteroatoms. The first-order valence-electron chi connectivity index (χ1n) is 8.60. The summed E-state index contributed by atoms with van der Waals surface area (Å²) in [6.07, 6.45) is 3.62. The molecule has 26 heavy (non-hydrogen) atoms. The van der Waals surface area contributed by atoms with Crippen LogP contribution in [0.5, 0.6) is 0 Å². The molecule has 0 bridgehead atoms. The molecule has 0 atom stereocenters. The number of aromatic nitrogens is 2. The fraction of sp³-hybridized carbons (Fsp3) is 0.412. The summed E-state index contributed by atoms with van der Waals surface area (Å²) in [5.74, 6) is 0. The lowest BCUT2D eigenvalue weighted by atomic mass is 10.3. The Morgan fingerprint density at radius 2 is 1.85 bits per heavy atom. The number of sulfonamides is 1. The van der Waals surface area contributed by atoms with E-state index in [-0.39, 0.29) is 10.9 Å². The van der Waals surface area contributed by atoms with Crippen molar-refractivity contribution >= 4 is 16.1 Å². The Kier molecular flexibility index (Phi) is 5.58. The number of amides is 2. The highest BCUT2D eigenvalue weighted by molar-refractivity contribution is 7.89. The molecule has 2 amide bonds. The molecule has 0 saturated carbocycles. The van der Waals surface area contributed by atoms with E-state index in [0.29, 0.717) is 32.7 Å². The molecular weight excluding hydrogens is 354 g/mol. The summed E-state index contributed by atoms with van der Waals surface area (Å²) in [6, 6.07) is 8.18. The predicted octanol–water partition coefficient (Wildman–Crippen LogP) is 1.12. The van der Waals surface area contributed by atoms with Crippen molar-refractivity contribution in [2.45, 2.75) is 24.9 Å². The van der Waals surface area contributed by atoms with Crippen molar-refractivity contribution < 1.29 is 13.2 Å². The molecule has 1 aromatic carbocycles. The van der Waals surface area contributed by atoms with Gasteiger partial charge in [0.05, 0.1) is 11.1 Å². The van der Waals surface area contributed by atoms with Gasteiger partial charge in [0.25, 0.3) is 0 Å². The maximum absolute atomic E-state index is 12.6. The number of nitrogens with one attached hydrogen (secondary N) is 1. The normalized spacial score (nSPS) is 15.8. The third-order valence-electron chi connectivity index (χ3n) is 4.36. The van der Waals surface area contributed by atoms with Gasteiger partial charge in [-0.25, -0.2) is 13.2 Å². The summed E-state index contributed by atoms with van der Waals surface area (Å²) in [5, 5.41) is 7.03. The largest absolute Gasteiger partial charge is 0.334 e. The maximum atomic E-state index is 12.6. The van der Waals surface area contributed by atoms with Crippen molar-refractivity contribution in [2.24, 2.45) is 0 Å². The van der Waals surface area contributed by atoms with Gasteiger partial charge in [-0.1, -0.05) is 18.2 Å². The molecule has 1 aromatic heterocycles. The molecule has 1 fully saturated rings. The Morgan fingerprint density at radius 3 is 2.46 bits per heavy atom. The average Bonchev–Trinajstić information content (AvgIpc) is 3.15. The minimum Gasteiger partial charge on any atom is -0.334 e. The van der Waals surface area contributed by atoms with Crippen LogP contribution in [0.4, 0.5) is 4.79 Å². The molecule has 2 aromatic rings. The number of piperazine rings is 1. The van der Waals surface area contributed by atoms with E-state index in [9.17, 15) is 13.2 Å². The number of carbonyl (C=O) groups is 1. The lowest BCUT2D eigenvalue weighted by Gasteiger charge is -2.33. The monoisotopic (exact) mass is 377 g/mol. The quantitative estimate of drug-likeness (QED) is 0.846. The summed E-state index contributed by atoms with van der Waals surface area (Å²) in [6.45, 7) is 4.50. The van der Waals surface area contributed by atoms with Crippen molar-refractivity contribution in [2.75, 3.05) is 26.2 Å². The fourth-order valence-corrected chi connectivity index (χ4v) is 4.28. The van der Waals surface area contributed by atoms with Crippen molar-refractivity contribution in [3.05, 3.63) is 48.3 Å². The van der Waals surface area contributed by atoms with Gasteiger partial charge in [-0.05, 0) is 19.1 Å². The number of carbonyl (C=O) groups excluding carboxylic acids is 1.